The molecule has 0 heterocycles. The fourth-order valence-electron chi connectivity index (χ4n) is 3.24. The zero-order valence-electron chi connectivity index (χ0n) is 19.6. The minimum absolute atomic E-state index is 0.332. The van der Waals surface area contributed by atoms with Gasteiger partial charge in [0.15, 0.2) is 11.5 Å². The normalized spacial score (nSPS) is 10.7. The third kappa shape index (κ3) is 7.48. The van der Waals surface area contributed by atoms with Crippen LogP contribution in [0.15, 0.2) is 71.8 Å². The zero-order valence-corrected chi connectivity index (χ0v) is 19.6. The van der Waals surface area contributed by atoms with Gasteiger partial charge in [-0.05, 0) is 61.7 Å². The number of hydrazone groups is 1. The Morgan fingerprint density at radius 3 is 2.44 bits per heavy atom. The van der Waals surface area contributed by atoms with Crippen LogP contribution in [0.25, 0.3) is 0 Å². The highest BCUT2D eigenvalue weighted by Gasteiger charge is 2.11. The van der Waals surface area contributed by atoms with E-state index >= 15 is 0 Å². The van der Waals surface area contributed by atoms with Crippen molar-refractivity contribution in [3.63, 3.8) is 0 Å². The summed E-state index contributed by atoms with van der Waals surface area (Å²) in [5, 5.41) is 6.70. The van der Waals surface area contributed by atoms with Crippen molar-refractivity contribution in [2.24, 2.45) is 5.10 Å². The Hall–Kier alpha value is -4.13. The first-order valence-electron chi connectivity index (χ1n) is 11.1. The largest absolute Gasteiger partial charge is 0.490 e. The number of amides is 2. The molecule has 0 aliphatic rings. The van der Waals surface area contributed by atoms with Crippen molar-refractivity contribution in [2.45, 2.75) is 33.8 Å². The molecule has 0 aliphatic heterocycles. The maximum absolute atomic E-state index is 12.2. The van der Waals surface area contributed by atoms with E-state index in [1.165, 1.54) is 6.21 Å². The third-order valence-electron chi connectivity index (χ3n) is 4.88. The molecule has 34 heavy (non-hydrogen) atoms. The van der Waals surface area contributed by atoms with Crippen LogP contribution in [-0.2, 0) is 16.2 Å². The highest BCUT2D eigenvalue weighted by atomic mass is 16.5. The lowest BCUT2D eigenvalue weighted by atomic mass is 10.1. The predicted octanol–water partition coefficient (Wildman–Crippen LogP) is 4.76. The van der Waals surface area contributed by atoms with Crippen LogP contribution >= 0.6 is 0 Å². The Bertz CT molecular complexity index is 1160. The molecule has 0 radical (unpaired) electrons. The summed E-state index contributed by atoms with van der Waals surface area (Å²) in [6.45, 7) is 6.68. The lowest BCUT2D eigenvalue weighted by molar-refractivity contribution is -0.126. The Morgan fingerprint density at radius 2 is 1.71 bits per heavy atom. The van der Waals surface area contributed by atoms with Crippen molar-refractivity contribution in [1.29, 1.82) is 0 Å². The molecule has 0 saturated carbocycles. The Balaban J connectivity index is 1.54. The minimum Gasteiger partial charge on any atom is -0.490 e. The van der Waals surface area contributed by atoms with Crippen molar-refractivity contribution < 1.29 is 19.1 Å². The van der Waals surface area contributed by atoms with Crippen LogP contribution in [0.5, 0.6) is 11.5 Å². The number of carbonyl (C=O) groups excluding carboxylic acids is 2. The molecule has 2 amide bonds. The first kappa shape index (κ1) is 24.5. The molecule has 0 bridgehead atoms. The molecule has 7 heteroatoms. The van der Waals surface area contributed by atoms with Gasteiger partial charge >= 0.3 is 0 Å². The average molecular weight is 460 g/mol. The summed E-state index contributed by atoms with van der Waals surface area (Å²) in [5.74, 6) is 0.293. The van der Waals surface area contributed by atoms with Crippen LogP contribution in [-0.4, -0.2) is 24.6 Å². The van der Waals surface area contributed by atoms with Gasteiger partial charge < -0.3 is 14.8 Å². The van der Waals surface area contributed by atoms with Gasteiger partial charge in [0.05, 0.1) is 12.8 Å². The van der Waals surface area contributed by atoms with E-state index in [1.54, 1.807) is 12.1 Å². The first-order valence-corrected chi connectivity index (χ1v) is 11.1. The van der Waals surface area contributed by atoms with Crippen molar-refractivity contribution >= 4 is 23.7 Å². The molecule has 3 rings (SSSR count). The number of rotatable bonds is 10. The van der Waals surface area contributed by atoms with Gasteiger partial charge in [0.1, 0.15) is 13.0 Å². The monoisotopic (exact) mass is 459 g/mol. The molecule has 0 spiro atoms. The minimum atomic E-state index is -0.508. The number of hydrogen-bond donors (Lipinski definition) is 2. The molecule has 0 aromatic heterocycles. The molecular weight excluding hydrogens is 430 g/mol. The lowest BCUT2D eigenvalue weighted by Crippen LogP contribution is -2.24. The maximum Gasteiger partial charge on any atom is 0.249 e. The zero-order chi connectivity index (χ0) is 24.3. The van der Waals surface area contributed by atoms with E-state index < -0.39 is 11.8 Å². The fourth-order valence-corrected chi connectivity index (χ4v) is 3.24. The molecule has 2 N–H and O–H groups in total. The topological polar surface area (TPSA) is 89.0 Å². The number of ether oxygens (including phenoxy) is 2. The summed E-state index contributed by atoms with van der Waals surface area (Å²) in [6, 6.07) is 21.0. The number of aryl methyl sites for hydroxylation is 2. The number of nitrogens with zero attached hydrogens (tertiary/aromatic N) is 1. The second-order valence-corrected chi connectivity index (χ2v) is 7.75. The molecule has 0 saturated heterocycles. The molecule has 0 atom stereocenters. The summed E-state index contributed by atoms with van der Waals surface area (Å²) in [5.41, 5.74) is 6.88. The highest BCUT2D eigenvalue weighted by Crippen LogP contribution is 2.29. The summed E-state index contributed by atoms with van der Waals surface area (Å²) in [7, 11) is 0. The van der Waals surface area contributed by atoms with Crippen molar-refractivity contribution in [3.05, 3.63) is 89.0 Å². The van der Waals surface area contributed by atoms with Gasteiger partial charge in [-0.15, -0.1) is 0 Å². The van der Waals surface area contributed by atoms with Crippen molar-refractivity contribution in [1.82, 2.24) is 5.43 Å². The number of hydrogen-bond acceptors (Lipinski definition) is 5. The van der Waals surface area contributed by atoms with E-state index in [1.807, 2.05) is 75.4 Å². The van der Waals surface area contributed by atoms with E-state index in [-0.39, 0.29) is 6.42 Å². The van der Waals surface area contributed by atoms with Gasteiger partial charge in [-0.3, -0.25) is 9.59 Å². The summed E-state index contributed by atoms with van der Waals surface area (Å²) in [4.78, 5) is 24.2. The second kappa shape index (κ2) is 12.2. The Labute approximate surface area is 199 Å². The van der Waals surface area contributed by atoms with Gasteiger partial charge in [-0.1, -0.05) is 48.0 Å². The van der Waals surface area contributed by atoms with Crippen LogP contribution in [0.4, 0.5) is 5.69 Å². The maximum atomic E-state index is 12.2. The molecule has 3 aromatic carbocycles. The molecule has 176 valence electrons. The Morgan fingerprint density at radius 1 is 0.912 bits per heavy atom. The summed E-state index contributed by atoms with van der Waals surface area (Å²) >= 11 is 0. The number of anilines is 1. The molecule has 0 fully saturated rings. The lowest BCUT2D eigenvalue weighted by Gasteiger charge is -2.12. The van der Waals surface area contributed by atoms with E-state index in [4.69, 9.17) is 9.47 Å². The number of nitrogens with one attached hydrogen (secondary N) is 2. The summed E-state index contributed by atoms with van der Waals surface area (Å²) in [6.07, 6.45) is 1.16. The van der Waals surface area contributed by atoms with Gasteiger partial charge in [0.2, 0.25) is 11.8 Å². The van der Waals surface area contributed by atoms with Crippen molar-refractivity contribution in [2.75, 3.05) is 11.9 Å². The predicted molar refractivity (Wildman–Crippen MR) is 133 cm³/mol. The van der Waals surface area contributed by atoms with Crippen LogP contribution in [0.2, 0.25) is 0 Å². The van der Waals surface area contributed by atoms with E-state index in [0.29, 0.717) is 30.4 Å². The van der Waals surface area contributed by atoms with Gasteiger partial charge in [-0.25, -0.2) is 5.43 Å². The third-order valence-corrected chi connectivity index (χ3v) is 4.88. The Kier molecular flexibility index (Phi) is 8.80. The van der Waals surface area contributed by atoms with Gasteiger partial charge in [-0.2, -0.15) is 5.10 Å². The molecule has 0 aliphatic carbocycles. The van der Waals surface area contributed by atoms with E-state index in [2.05, 4.69) is 15.8 Å². The van der Waals surface area contributed by atoms with E-state index in [9.17, 15) is 9.59 Å². The standard InChI is InChI=1S/C27H29N3O4/c1-4-33-25-15-22(11-13-24(25)34-18-21-8-6-5-7-9-21)17-28-30-27(32)16-26(31)29-23-12-10-19(2)14-20(23)3/h5-15,17H,4,16,18H2,1-3H3,(H,29,31)(H,30,32). The number of benzene rings is 3. The van der Waals surface area contributed by atoms with Crippen LogP contribution in [0, 0.1) is 13.8 Å². The van der Waals surface area contributed by atoms with Gasteiger partial charge in [0.25, 0.3) is 0 Å². The van der Waals surface area contributed by atoms with Crippen LogP contribution in [0.1, 0.15) is 35.6 Å². The second-order valence-electron chi connectivity index (χ2n) is 7.75. The summed E-state index contributed by atoms with van der Waals surface area (Å²) < 4.78 is 11.6. The molecular formula is C27H29N3O4. The van der Waals surface area contributed by atoms with Gasteiger partial charge in [0, 0.05) is 5.69 Å². The first-order chi connectivity index (χ1) is 16.4. The number of carbonyl (C=O) groups is 2. The highest BCUT2D eigenvalue weighted by molar-refractivity contribution is 6.04. The molecule has 0 unspecified atom stereocenters. The smallest absolute Gasteiger partial charge is 0.249 e. The SMILES string of the molecule is CCOc1cc(C=NNC(=O)CC(=O)Nc2ccc(C)cc2C)ccc1OCc1ccccc1. The average Bonchev–Trinajstić information content (AvgIpc) is 2.81. The van der Waals surface area contributed by atoms with E-state index in [0.717, 1.165) is 22.3 Å². The quantitative estimate of drug-likeness (QED) is 0.260. The van der Waals surface area contributed by atoms with Crippen LogP contribution < -0.4 is 20.2 Å². The van der Waals surface area contributed by atoms with Crippen molar-refractivity contribution in [3.8, 4) is 11.5 Å². The van der Waals surface area contributed by atoms with Crippen LogP contribution in [0.3, 0.4) is 0 Å². The molecule has 7 nitrogen and oxygen atoms in total. The molecule has 3 aromatic rings. The fraction of sp³-hybridized carbons (Fsp3) is 0.222.